The minimum Gasteiger partial charge on any atom is -0.716 e. The number of aryl methyl sites for hydroxylation is 4. The number of rotatable bonds is 24. The van der Waals surface area contributed by atoms with E-state index in [1.54, 1.807) is 73.1 Å². The minimum absolute atomic E-state index is 0. The molecule has 0 radical (unpaired) electrons. The van der Waals surface area contributed by atoms with Crippen LogP contribution in [0, 0.1) is 40.0 Å². The van der Waals surface area contributed by atoms with E-state index >= 15 is 0 Å². The summed E-state index contributed by atoms with van der Waals surface area (Å²) in [6.45, 7) is 12.9. The number of nitrogens with zero attached hydrogens (tertiary/aromatic N) is 5. The van der Waals surface area contributed by atoms with E-state index in [-0.39, 0.29) is 83.0 Å². The molecule has 1 N–H and O–H groups in total. The second kappa shape index (κ2) is 47.3. The molecule has 4 atom stereocenters. The summed E-state index contributed by atoms with van der Waals surface area (Å²) in [5.41, 5.74) is 21.3. The molecule has 19 heteroatoms. The molecule has 5 aromatic heterocycles. The van der Waals surface area contributed by atoms with E-state index in [4.69, 9.17) is 20.1 Å². The standard InChI is InChI=1S/C22H21NO.C21H17NO2.C20H19N.C19H17N.C18H15NO7S.Na.OS/c1-3-16-24-20-13-11-19(12-14-20)22(21-6-4-5-15-23-21)18-9-7-17(2)8-10-18;1-2-15-24-19-12-8-17(9-13-19)21(20-5-3-4-14-22-20)16-6-10-18(23)11-7-16;1-15-6-10-17(11-7-15)20(19-5-3-4-14-21-19)18-12-8-16(2)9-13-18;1-15-10-12-17(13-11-15)19(16-7-3-2-4-8-16)18-9-5-6-14-20-18;20-26-24-15-8-4-13(5-9-15)18(17-3-1-2-12-19-17)14-6-10-16(11-7-14)25-27(21,22)23;;1-2/h3-15,22H,1,16H2,2H3;1,3-14,21,23H,15H2;3-14,20H,1-2H3;2-14,19H,1H3;1-12,18,20H,(H,21,22,23);;/q;;;;;+1;/p-2. The fraction of sp³-hybridized carbons (Fsp3) is 0.110. The molecule has 16 nitrogen and oxygen atoms in total. The van der Waals surface area contributed by atoms with Crippen molar-refractivity contribution in [1.82, 2.24) is 24.9 Å². The van der Waals surface area contributed by atoms with Crippen LogP contribution in [0.4, 0.5) is 0 Å². The fourth-order valence-corrected chi connectivity index (χ4v) is 13.5. The van der Waals surface area contributed by atoms with E-state index in [0.29, 0.717) is 6.61 Å². The van der Waals surface area contributed by atoms with Crippen LogP contribution in [0.1, 0.15) is 136 Å². The van der Waals surface area contributed by atoms with Gasteiger partial charge in [0.25, 0.3) is 10.4 Å². The van der Waals surface area contributed by atoms with E-state index < -0.39 is 10.4 Å². The van der Waals surface area contributed by atoms with E-state index in [1.807, 2.05) is 134 Å². The van der Waals surface area contributed by atoms with E-state index in [2.05, 4.69) is 249 Å². The molecule has 0 amide bonds. The van der Waals surface area contributed by atoms with Gasteiger partial charge in [-0.05, 0) is 205 Å². The Morgan fingerprint density at radius 2 is 0.613 bits per heavy atom. The van der Waals surface area contributed by atoms with Gasteiger partial charge in [-0.1, -0.05) is 259 Å². The van der Waals surface area contributed by atoms with Gasteiger partial charge < -0.3 is 33.5 Å². The first-order valence-corrected chi connectivity index (χ1v) is 39.4. The number of hydrogen-bond acceptors (Lipinski definition) is 17. The molecule has 15 aromatic rings. The van der Waals surface area contributed by atoms with Gasteiger partial charge in [-0.3, -0.25) is 24.9 Å². The van der Waals surface area contributed by atoms with Crippen molar-refractivity contribution in [2.75, 3.05) is 13.2 Å². The number of terminal acetylenes is 1. The number of ether oxygens (including phenoxy) is 2. The van der Waals surface area contributed by atoms with Crippen molar-refractivity contribution in [2.24, 2.45) is 0 Å². The van der Waals surface area contributed by atoms with Crippen LogP contribution in [0.3, 0.4) is 0 Å². The van der Waals surface area contributed by atoms with Crippen molar-refractivity contribution < 1.29 is 80.7 Å². The molecule has 0 saturated heterocycles. The molecular weight excluding hydrogens is 1530 g/mol. The largest absolute Gasteiger partial charge is 1.00 e. The minimum atomic E-state index is -4.84. The van der Waals surface area contributed by atoms with Gasteiger partial charge >= 0.3 is 29.6 Å². The van der Waals surface area contributed by atoms with Crippen LogP contribution in [0.15, 0.2) is 383 Å². The molecule has 0 aliphatic rings. The molecule has 0 spiro atoms. The van der Waals surface area contributed by atoms with Crippen LogP contribution < -0.4 is 53.4 Å². The Bertz CT molecular complexity index is 5530. The summed E-state index contributed by atoms with van der Waals surface area (Å²) >= 11 is 2.83. The van der Waals surface area contributed by atoms with Crippen molar-refractivity contribution >= 4 is 22.9 Å². The number of phenolic OH excluding ortho intramolecular Hbond substituents is 1. The third kappa shape index (κ3) is 27.6. The number of benzene rings is 10. The normalized spacial score (nSPS) is 11.4. The van der Waals surface area contributed by atoms with Crippen LogP contribution in [0.25, 0.3) is 0 Å². The zero-order chi connectivity index (χ0) is 83.3. The molecule has 0 aliphatic heterocycles. The molecule has 592 valence electrons. The van der Waals surface area contributed by atoms with Crippen LogP contribution in [0.5, 0.6) is 28.7 Å². The van der Waals surface area contributed by atoms with Crippen LogP contribution in [0.2, 0.25) is 0 Å². The molecular formula is C100H87N5NaO11S2-. The maximum Gasteiger partial charge on any atom is 1.00 e. The molecule has 15 rings (SSSR count). The Hall–Kier alpha value is -12.9. The van der Waals surface area contributed by atoms with Gasteiger partial charge in [-0.25, -0.2) is 13.5 Å². The second-order valence-electron chi connectivity index (χ2n) is 27.1. The molecule has 0 bridgehead atoms. The zero-order valence-corrected chi connectivity index (χ0v) is 70.1. The van der Waals surface area contributed by atoms with Crippen LogP contribution in [-0.4, -0.2) is 60.4 Å². The smallest absolute Gasteiger partial charge is 0.716 e. The molecule has 5 heterocycles. The molecule has 119 heavy (non-hydrogen) atoms. The number of hydrogen-bond donors (Lipinski definition) is 1. The van der Waals surface area contributed by atoms with Gasteiger partial charge in [-0.2, -0.15) is 4.21 Å². The summed E-state index contributed by atoms with van der Waals surface area (Å²) in [5, 5.41) is 23.0. The summed E-state index contributed by atoms with van der Waals surface area (Å²) < 4.78 is 55.3. The number of pyridine rings is 5. The third-order valence-electron chi connectivity index (χ3n) is 18.8. The maximum absolute atomic E-state index is 10.7. The maximum atomic E-state index is 10.7. The topological polar surface area (TPSA) is 228 Å². The van der Waals surface area contributed by atoms with Gasteiger partial charge in [0.1, 0.15) is 36.2 Å². The molecule has 10 aromatic carbocycles. The predicted molar refractivity (Wildman–Crippen MR) is 461 cm³/mol. The van der Waals surface area contributed by atoms with Gasteiger partial charge in [0.15, 0.2) is 18.3 Å². The number of aromatic nitrogens is 5. The van der Waals surface area contributed by atoms with Crippen molar-refractivity contribution in [3.8, 4) is 41.1 Å². The Balaban J connectivity index is 0.000000169. The SMILES string of the molecule is C#CCOc1ccc(C(c2ccc(O)cc2)c2ccccn2)cc1.C=CCOc1ccc(C(c2ccc(C)cc2)c2ccccn2)cc1.Cc1ccc(C(c2ccc(C)cc2)c2ccccn2)cc1.Cc1ccc(C(c2ccccc2)c2ccccn2)cc1.O=S.O=S(=O)([O-])Oc1ccc(C(c2ccc(OO[O-])cc2)c2ccccn2)cc1.[Na+]. The van der Waals surface area contributed by atoms with Crippen molar-refractivity contribution in [3.63, 3.8) is 0 Å². The van der Waals surface area contributed by atoms with Crippen LogP contribution in [-0.2, 0) is 28.0 Å². The summed E-state index contributed by atoms with van der Waals surface area (Å²) in [4.78, 5) is 27.0. The van der Waals surface area contributed by atoms with E-state index in [1.165, 1.54) is 67.8 Å². The summed E-state index contributed by atoms with van der Waals surface area (Å²) in [6.07, 6.45) is 16.0. The van der Waals surface area contributed by atoms with Crippen LogP contribution >= 0.6 is 0 Å². The Morgan fingerprint density at radius 3 is 0.866 bits per heavy atom. The van der Waals surface area contributed by atoms with Gasteiger partial charge in [-0.15, -0.1) is 6.42 Å². The summed E-state index contributed by atoms with van der Waals surface area (Å²) in [5.74, 6) is 4.64. The fourth-order valence-electron chi connectivity index (χ4n) is 13.1. The first-order valence-electron chi connectivity index (χ1n) is 37.7. The second-order valence-corrected chi connectivity index (χ2v) is 28.1. The third-order valence-corrected chi connectivity index (χ3v) is 19.2. The van der Waals surface area contributed by atoms with Crippen molar-refractivity contribution in [2.45, 2.75) is 57.3 Å². The Labute approximate surface area is 724 Å². The summed E-state index contributed by atoms with van der Waals surface area (Å²) in [6, 6.07) is 111. The average Bonchev–Trinajstić information content (AvgIpc) is 0.829. The first-order chi connectivity index (χ1) is 57.6. The monoisotopic (exact) mass is 1620 g/mol. The molecule has 0 fully saturated rings. The number of aromatic hydroxyl groups is 1. The predicted octanol–water partition coefficient (Wildman–Crippen LogP) is 16.9. The Kier molecular flexibility index (Phi) is 35.8. The van der Waals surface area contributed by atoms with Gasteiger partial charge in [0.2, 0.25) is 0 Å². The van der Waals surface area contributed by atoms with Gasteiger partial charge in [0.05, 0.1) is 58.1 Å². The molecule has 0 saturated carbocycles. The molecule has 4 unspecified atom stereocenters. The average molecular weight is 1620 g/mol. The zero-order valence-electron chi connectivity index (χ0n) is 66.5. The van der Waals surface area contributed by atoms with Crippen molar-refractivity contribution in [1.29, 1.82) is 0 Å². The number of phenols is 1. The first kappa shape index (κ1) is 90.0. The van der Waals surface area contributed by atoms with E-state index in [0.717, 1.165) is 62.2 Å². The van der Waals surface area contributed by atoms with Gasteiger partial charge in [0, 0.05) is 31.0 Å². The van der Waals surface area contributed by atoms with Crippen molar-refractivity contribution in [3.05, 3.63) is 490 Å². The summed E-state index contributed by atoms with van der Waals surface area (Å²) in [7, 11) is -4.84. The molecule has 0 aliphatic carbocycles. The Morgan fingerprint density at radius 1 is 0.370 bits per heavy atom. The van der Waals surface area contributed by atoms with E-state index in [9.17, 15) is 23.3 Å². The quantitative estimate of drug-likeness (QED) is 0.0113.